The van der Waals surface area contributed by atoms with E-state index >= 15 is 0 Å². The summed E-state index contributed by atoms with van der Waals surface area (Å²) in [5.74, 6) is -0.509. The fourth-order valence-corrected chi connectivity index (χ4v) is 2.67. The van der Waals surface area contributed by atoms with Gasteiger partial charge in [-0.25, -0.2) is 4.79 Å². The van der Waals surface area contributed by atoms with Crippen LogP contribution in [0, 0.1) is 0 Å². The summed E-state index contributed by atoms with van der Waals surface area (Å²) in [5, 5.41) is 0. The Labute approximate surface area is 124 Å². The Balaban J connectivity index is 2.15. The monoisotopic (exact) mass is 291 g/mol. The zero-order valence-electron chi connectivity index (χ0n) is 12.5. The van der Waals surface area contributed by atoms with Gasteiger partial charge in [0.25, 0.3) is 5.91 Å². The molecule has 0 N–H and O–H groups in total. The molecule has 1 aromatic rings. The number of benzene rings is 1. The second-order valence-corrected chi connectivity index (χ2v) is 4.97. The number of methoxy groups -OCH3 is 1. The van der Waals surface area contributed by atoms with Crippen molar-refractivity contribution in [3.8, 4) is 0 Å². The van der Waals surface area contributed by atoms with E-state index in [0.717, 1.165) is 12.0 Å². The number of carbonyl (C=O) groups excluding carboxylic acids is 2. The Morgan fingerprint density at radius 1 is 1.33 bits per heavy atom. The first kappa shape index (κ1) is 15.5. The molecule has 2 rings (SSSR count). The average molecular weight is 291 g/mol. The summed E-state index contributed by atoms with van der Waals surface area (Å²) in [6.45, 7) is 2.65. The summed E-state index contributed by atoms with van der Waals surface area (Å²) >= 11 is 0. The molecule has 1 aliphatic rings. The summed E-state index contributed by atoms with van der Waals surface area (Å²) in [4.78, 5) is 26.2. The van der Waals surface area contributed by atoms with Gasteiger partial charge in [0.15, 0.2) is 6.10 Å². The molecule has 1 aromatic carbocycles. The van der Waals surface area contributed by atoms with Crippen LogP contribution in [-0.4, -0.2) is 43.1 Å². The Bertz CT molecular complexity index is 488. The van der Waals surface area contributed by atoms with Gasteiger partial charge in [-0.05, 0) is 25.3 Å². The minimum Gasteiger partial charge on any atom is -0.464 e. The summed E-state index contributed by atoms with van der Waals surface area (Å²) in [6, 6.07) is 8.82. The van der Waals surface area contributed by atoms with Gasteiger partial charge in [0.1, 0.15) is 6.04 Å². The van der Waals surface area contributed by atoms with Crippen molar-refractivity contribution in [2.24, 2.45) is 0 Å². The van der Waals surface area contributed by atoms with E-state index in [1.165, 1.54) is 7.11 Å². The van der Waals surface area contributed by atoms with Crippen LogP contribution in [-0.2, 0) is 19.1 Å². The molecule has 1 saturated heterocycles. The average Bonchev–Trinajstić information content (AvgIpc) is 2.99. The van der Waals surface area contributed by atoms with E-state index in [1.807, 2.05) is 30.3 Å². The highest BCUT2D eigenvalue weighted by Crippen LogP contribution is 2.26. The van der Waals surface area contributed by atoms with Crippen molar-refractivity contribution < 1.29 is 19.1 Å². The van der Waals surface area contributed by atoms with Gasteiger partial charge in [-0.2, -0.15) is 0 Å². The maximum absolute atomic E-state index is 12.7. The first-order valence-electron chi connectivity index (χ1n) is 7.24. The number of hydrogen-bond acceptors (Lipinski definition) is 4. The van der Waals surface area contributed by atoms with Crippen LogP contribution in [0.4, 0.5) is 0 Å². The Kier molecular flexibility index (Phi) is 5.33. The number of ether oxygens (including phenoxy) is 2. The van der Waals surface area contributed by atoms with E-state index in [-0.39, 0.29) is 11.9 Å². The smallest absolute Gasteiger partial charge is 0.328 e. The van der Waals surface area contributed by atoms with Crippen LogP contribution in [0.1, 0.15) is 31.4 Å². The molecule has 1 amide bonds. The number of esters is 1. The van der Waals surface area contributed by atoms with Crippen LogP contribution in [0.15, 0.2) is 30.3 Å². The largest absolute Gasteiger partial charge is 0.464 e. The molecule has 114 valence electrons. The van der Waals surface area contributed by atoms with Crippen molar-refractivity contribution in [1.82, 2.24) is 4.90 Å². The lowest BCUT2D eigenvalue weighted by Gasteiger charge is -2.27. The van der Waals surface area contributed by atoms with Crippen LogP contribution in [0.5, 0.6) is 0 Å². The van der Waals surface area contributed by atoms with Gasteiger partial charge in [-0.3, -0.25) is 4.79 Å². The minimum atomic E-state index is -0.679. The molecule has 0 radical (unpaired) electrons. The minimum absolute atomic E-state index is 0.181. The third-order valence-electron chi connectivity index (χ3n) is 3.66. The molecule has 0 aliphatic carbocycles. The molecule has 2 atom stereocenters. The number of nitrogens with zero attached hydrogens (tertiary/aromatic N) is 1. The molecule has 21 heavy (non-hydrogen) atoms. The van der Waals surface area contributed by atoms with Gasteiger partial charge < -0.3 is 14.4 Å². The van der Waals surface area contributed by atoms with Crippen molar-refractivity contribution in [3.05, 3.63) is 35.9 Å². The van der Waals surface area contributed by atoms with Crippen LogP contribution >= 0.6 is 0 Å². The van der Waals surface area contributed by atoms with Crippen LogP contribution in [0.25, 0.3) is 0 Å². The van der Waals surface area contributed by atoms with E-state index in [9.17, 15) is 9.59 Å². The van der Waals surface area contributed by atoms with E-state index in [2.05, 4.69) is 0 Å². The summed E-state index contributed by atoms with van der Waals surface area (Å²) in [7, 11) is 1.50. The molecule has 1 aliphatic heterocycles. The molecular weight excluding hydrogens is 270 g/mol. The number of likely N-dealkylation sites (tertiary alicyclic amines) is 1. The Hall–Kier alpha value is -1.88. The highest BCUT2D eigenvalue weighted by atomic mass is 16.5. The molecule has 0 aromatic heterocycles. The third kappa shape index (κ3) is 3.42. The van der Waals surface area contributed by atoms with Gasteiger partial charge in [0, 0.05) is 13.7 Å². The van der Waals surface area contributed by atoms with Crippen LogP contribution < -0.4 is 0 Å². The standard InChI is InChI=1S/C16H21NO4/c1-3-21-16(19)13-10-7-11-17(13)15(18)14(20-2)12-8-5-4-6-9-12/h4-6,8-9,13-14H,3,7,10-11H2,1-2H3. The molecule has 5 heteroatoms. The van der Waals surface area contributed by atoms with Crippen molar-refractivity contribution in [2.45, 2.75) is 31.9 Å². The second-order valence-electron chi connectivity index (χ2n) is 4.97. The third-order valence-corrected chi connectivity index (χ3v) is 3.66. The lowest BCUT2D eigenvalue weighted by Crippen LogP contribution is -2.44. The van der Waals surface area contributed by atoms with Gasteiger partial charge in [0.2, 0.25) is 0 Å². The SMILES string of the molecule is CCOC(=O)C1CCCN1C(=O)C(OC)c1ccccc1. The molecule has 0 spiro atoms. The van der Waals surface area contributed by atoms with Crippen molar-refractivity contribution in [2.75, 3.05) is 20.3 Å². The van der Waals surface area contributed by atoms with Crippen molar-refractivity contribution in [3.63, 3.8) is 0 Å². The maximum atomic E-state index is 12.7. The summed E-state index contributed by atoms with van der Waals surface area (Å²) in [5.41, 5.74) is 0.791. The van der Waals surface area contributed by atoms with Gasteiger partial charge >= 0.3 is 5.97 Å². The second kappa shape index (κ2) is 7.22. The van der Waals surface area contributed by atoms with Crippen molar-refractivity contribution in [1.29, 1.82) is 0 Å². The van der Waals surface area contributed by atoms with Crippen LogP contribution in [0.2, 0.25) is 0 Å². The first-order chi connectivity index (χ1) is 10.2. The predicted molar refractivity (Wildman–Crippen MR) is 77.6 cm³/mol. The van der Waals surface area contributed by atoms with E-state index in [0.29, 0.717) is 19.6 Å². The molecule has 0 bridgehead atoms. The lowest BCUT2D eigenvalue weighted by molar-refractivity contribution is -0.156. The quantitative estimate of drug-likeness (QED) is 0.778. The van der Waals surface area contributed by atoms with Gasteiger partial charge in [-0.1, -0.05) is 30.3 Å². The fraction of sp³-hybridized carbons (Fsp3) is 0.500. The molecule has 1 fully saturated rings. The number of rotatable bonds is 5. The lowest BCUT2D eigenvalue weighted by atomic mass is 10.1. The molecule has 2 unspecified atom stereocenters. The first-order valence-corrected chi connectivity index (χ1v) is 7.24. The Morgan fingerprint density at radius 2 is 2.05 bits per heavy atom. The normalized spacial score (nSPS) is 19.3. The zero-order valence-corrected chi connectivity index (χ0v) is 12.5. The molecule has 0 saturated carbocycles. The Morgan fingerprint density at radius 3 is 2.67 bits per heavy atom. The maximum Gasteiger partial charge on any atom is 0.328 e. The van der Waals surface area contributed by atoms with E-state index in [1.54, 1.807) is 11.8 Å². The van der Waals surface area contributed by atoms with Crippen molar-refractivity contribution >= 4 is 11.9 Å². The highest BCUT2D eigenvalue weighted by Gasteiger charge is 2.38. The molecule has 1 heterocycles. The highest BCUT2D eigenvalue weighted by molar-refractivity contribution is 5.88. The molecular formula is C16H21NO4. The fourth-order valence-electron chi connectivity index (χ4n) is 2.67. The zero-order chi connectivity index (χ0) is 15.2. The van der Waals surface area contributed by atoms with Crippen LogP contribution in [0.3, 0.4) is 0 Å². The number of hydrogen-bond donors (Lipinski definition) is 0. The predicted octanol–water partition coefficient (Wildman–Crippen LogP) is 1.93. The topological polar surface area (TPSA) is 55.8 Å². The number of amides is 1. The summed E-state index contributed by atoms with van der Waals surface area (Å²) < 4.78 is 10.4. The van der Waals surface area contributed by atoms with E-state index in [4.69, 9.17) is 9.47 Å². The van der Waals surface area contributed by atoms with E-state index < -0.39 is 12.1 Å². The summed E-state index contributed by atoms with van der Waals surface area (Å²) in [6.07, 6.45) is 0.775. The number of carbonyl (C=O) groups is 2. The van der Waals surface area contributed by atoms with Gasteiger partial charge in [0.05, 0.1) is 6.61 Å². The molecule has 5 nitrogen and oxygen atoms in total. The van der Waals surface area contributed by atoms with Gasteiger partial charge in [-0.15, -0.1) is 0 Å².